The van der Waals surface area contributed by atoms with Crippen molar-refractivity contribution in [2.75, 3.05) is 12.8 Å². The monoisotopic (exact) mass is 278 g/mol. The van der Waals surface area contributed by atoms with Crippen molar-refractivity contribution in [1.82, 2.24) is 4.90 Å². The number of halogens is 2. The summed E-state index contributed by atoms with van der Waals surface area (Å²) in [6, 6.07) is 12.2. The van der Waals surface area contributed by atoms with E-state index >= 15 is 0 Å². The molecule has 0 atom stereocenters. The molecule has 2 rings (SSSR count). The molecule has 2 nitrogen and oxygen atoms in total. The molecule has 19 heavy (non-hydrogen) atoms. The van der Waals surface area contributed by atoms with Gasteiger partial charge in [0.05, 0.1) is 10.7 Å². The lowest BCUT2D eigenvalue weighted by Gasteiger charge is -2.17. The number of nitrogen functional groups attached to an aromatic ring is 1. The Morgan fingerprint density at radius 3 is 2.26 bits per heavy atom. The number of nitrogens with zero attached hydrogens (tertiary/aromatic N) is 1. The van der Waals surface area contributed by atoms with E-state index in [1.165, 1.54) is 12.1 Å². The molecule has 0 unspecified atom stereocenters. The molecule has 0 amide bonds. The molecule has 2 N–H and O–H groups in total. The quantitative estimate of drug-likeness (QED) is 0.864. The van der Waals surface area contributed by atoms with Crippen LogP contribution in [0.5, 0.6) is 0 Å². The van der Waals surface area contributed by atoms with E-state index in [1.807, 2.05) is 19.2 Å². The standard InChI is InChI=1S/C15H16ClFN2/c1-19(9-11-2-5-13(17)6-3-11)10-12-4-7-14(16)15(18)8-12/h2-8H,9-10,18H2,1H3. The molecule has 4 heteroatoms. The Bertz CT molecular complexity index is 555. The van der Waals surface area contributed by atoms with Crippen molar-refractivity contribution in [2.24, 2.45) is 0 Å². The molecule has 0 aromatic heterocycles. The van der Waals surface area contributed by atoms with Gasteiger partial charge in [-0.3, -0.25) is 4.90 Å². The van der Waals surface area contributed by atoms with Gasteiger partial charge in [-0.25, -0.2) is 4.39 Å². The molecule has 0 radical (unpaired) electrons. The summed E-state index contributed by atoms with van der Waals surface area (Å²) in [4.78, 5) is 2.13. The average Bonchev–Trinajstić information content (AvgIpc) is 2.37. The third kappa shape index (κ3) is 3.94. The predicted octanol–water partition coefficient (Wildman–Crippen LogP) is 3.69. The first-order valence-corrected chi connectivity index (χ1v) is 6.39. The summed E-state index contributed by atoms with van der Waals surface area (Å²) >= 11 is 5.89. The fourth-order valence-electron chi connectivity index (χ4n) is 1.96. The molecule has 0 aliphatic heterocycles. The van der Waals surface area contributed by atoms with Gasteiger partial charge in [0.1, 0.15) is 5.82 Å². The van der Waals surface area contributed by atoms with Crippen molar-refractivity contribution in [1.29, 1.82) is 0 Å². The zero-order valence-electron chi connectivity index (χ0n) is 10.7. The smallest absolute Gasteiger partial charge is 0.123 e. The normalized spacial score (nSPS) is 10.9. The molecule has 0 spiro atoms. The highest BCUT2D eigenvalue weighted by Gasteiger charge is 2.04. The van der Waals surface area contributed by atoms with Crippen LogP contribution in [0.1, 0.15) is 11.1 Å². The molecule has 0 saturated heterocycles. The maximum Gasteiger partial charge on any atom is 0.123 e. The number of hydrogen-bond acceptors (Lipinski definition) is 2. The van der Waals surface area contributed by atoms with E-state index in [0.29, 0.717) is 10.7 Å². The summed E-state index contributed by atoms with van der Waals surface area (Å²) in [6.07, 6.45) is 0. The Morgan fingerprint density at radius 1 is 1.05 bits per heavy atom. The van der Waals surface area contributed by atoms with E-state index in [2.05, 4.69) is 4.90 Å². The van der Waals surface area contributed by atoms with Crippen LogP contribution >= 0.6 is 11.6 Å². The lowest BCUT2D eigenvalue weighted by Crippen LogP contribution is -2.17. The first-order valence-electron chi connectivity index (χ1n) is 6.01. The van der Waals surface area contributed by atoms with E-state index in [9.17, 15) is 4.39 Å². The Morgan fingerprint density at radius 2 is 1.63 bits per heavy atom. The lowest BCUT2D eigenvalue weighted by molar-refractivity contribution is 0.319. The van der Waals surface area contributed by atoms with Crippen LogP contribution in [0, 0.1) is 5.82 Å². The van der Waals surface area contributed by atoms with Crippen LogP contribution in [0.3, 0.4) is 0 Å². The van der Waals surface area contributed by atoms with Crippen molar-refractivity contribution in [3.8, 4) is 0 Å². The number of hydrogen-bond donors (Lipinski definition) is 1. The number of benzene rings is 2. The van der Waals surface area contributed by atoms with Gasteiger partial charge < -0.3 is 5.73 Å². The van der Waals surface area contributed by atoms with Gasteiger partial charge in [-0.2, -0.15) is 0 Å². The summed E-state index contributed by atoms with van der Waals surface area (Å²) in [6.45, 7) is 1.52. The summed E-state index contributed by atoms with van der Waals surface area (Å²) in [5, 5.41) is 0.574. The van der Waals surface area contributed by atoms with Crippen LogP contribution in [0.2, 0.25) is 5.02 Å². The maximum absolute atomic E-state index is 12.8. The van der Waals surface area contributed by atoms with E-state index in [1.54, 1.807) is 18.2 Å². The molecule has 0 bridgehead atoms. The van der Waals surface area contributed by atoms with Gasteiger partial charge in [-0.1, -0.05) is 29.8 Å². The molecule has 100 valence electrons. The molecule has 0 saturated carbocycles. The topological polar surface area (TPSA) is 29.3 Å². The number of anilines is 1. The molecule has 0 aliphatic rings. The van der Waals surface area contributed by atoms with Crippen molar-refractivity contribution >= 4 is 17.3 Å². The van der Waals surface area contributed by atoms with Gasteiger partial charge in [-0.15, -0.1) is 0 Å². The Balaban J connectivity index is 1.98. The van der Waals surface area contributed by atoms with Crippen molar-refractivity contribution < 1.29 is 4.39 Å². The fraction of sp³-hybridized carbons (Fsp3) is 0.200. The highest BCUT2D eigenvalue weighted by atomic mass is 35.5. The Kier molecular flexibility index (Phi) is 4.40. The van der Waals surface area contributed by atoms with Crippen molar-refractivity contribution in [3.63, 3.8) is 0 Å². The van der Waals surface area contributed by atoms with Crippen LogP contribution in [0.15, 0.2) is 42.5 Å². The Labute approximate surface area is 117 Å². The zero-order chi connectivity index (χ0) is 13.8. The third-order valence-electron chi connectivity index (χ3n) is 2.88. The van der Waals surface area contributed by atoms with E-state index in [-0.39, 0.29) is 5.82 Å². The second kappa shape index (κ2) is 6.04. The minimum atomic E-state index is -0.211. The number of nitrogens with two attached hydrogens (primary N) is 1. The molecule has 0 heterocycles. The van der Waals surface area contributed by atoms with Crippen LogP contribution in [-0.2, 0) is 13.1 Å². The number of rotatable bonds is 4. The molecular formula is C15H16ClFN2. The molecular weight excluding hydrogens is 263 g/mol. The summed E-state index contributed by atoms with van der Waals surface area (Å²) < 4.78 is 12.8. The summed E-state index contributed by atoms with van der Waals surface area (Å²) in [5.41, 5.74) is 8.54. The van der Waals surface area contributed by atoms with Crippen LogP contribution in [0.4, 0.5) is 10.1 Å². The minimum absolute atomic E-state index is 0.211. The van der Waals surface area contributed by atoms with Crippen molar-refractivity contribution in [3.05, 3.63) is 64.4 Å². The average molecular weight is 279 g/mol. The molecule has 2 aromatic rings. The van der Waals surface area contributed by atoms with Gasteiger partial charge in [-0.05, 0) is 42.4 Å². The second-order valence-corrected chi connectivity index (χ2v) is 5.06. The van der Waals surface area contributed by atoms with E-state index in [4.69, 9.17) is 17.3 Å². The SMILES string of the molecule is CN(Cc1ccc(F)cc1)Cc1ccc(Cl)c(N)c1. The largest absolute Gasteiger partial charge is 0.398 e. The predicted molar refractivity (Wildman–Crippen MR) is 77.4 cm³/mol. The lowest BCUT2D eigenvalue weighted by atomic mass is 10.1. The first kappa shape index (κ1) is 13.8. The van der Waals surface area contributed by atoms with E-state index in [0.717, 1.165) is 24.2 Å². The van der Waals surface area contributed by atoms with Crippen LogP contribution in [-0.4, -0.2) is 11.9 Å². The third-order valence-corrected chi connectivity index (χ3v) is 3.22. The maximum atomic E-state index is 12.8. The second-order valence-electron chi connectivity index (χ2n) is 4.65. The minimum Gasteiger partial charge on any atom is -0.398 e. The Hall–Kier alpha value is -1.58. The summed E-state index contributed by atoms with van der Waals surface area (Å²) in [7, 11) is 2.01. The van der Waals surface area contributed by atoms with Crippen LogP contribution in [0.25, 0.3) is 0 Å². The van der Waals surface area contributed by atoms with Gasteiger partial charge >= 0.3 is 0 Å². The van der Waals surface area contributed by atoms with Crippen LogP contribution < -0.4 is 5.73 Å². The van der Waals surface area contributed by atoms with Crippen molar-refractivity contribution in [2.45, 2.75) is 13.1 Å². The molecule has 0 fully saturated rings. The molecule has 0 aliphatic carbocycles. The van der Waals surface area contributed by atoms with E-state index < -0.39 is 0 Å². The fourth-order valence-corrected chi connectivity index (χ4v) is 2.08. The van der Waals surface area contributed by atoms with Gasteiger partial charge in [0, 0.05) is 13.1 Å². The zero-order valence-corrected chi connectivity index (χ0v) is 11.5. The van der Waals surface area contributed by atoms with Gasteiger partial charge in [0.2, 0.25) is 0 Å². The summed E-state index contributed by atoms with van der Waals surface area (Å²) in [5.74, 6) is -0.211. The highest BCUT2D eigenvalue weighted by molar-refractivity contribution is 6.33. The highest BCUT2D eigenvalue weighted by Crippen LogP contribution is 2.20. The first-order chi connectivity index (χ1) is 9.04. The molecule has 2 aromatic carbocycles. The van der Waals surface area contributed by atoms with Gasteiger partial charge in [0.15, 0.2) is 0 Å². The van der Waals surface area contributed by atoms with Gasteiger partial charge in [0.25, 0.3) is 0 Å².